The number of benzene rings is 2. The lowest BCUT2D eigenvalue weighted by atomic mass is 10.1. The van der Waals surface area contributed by atoms with Gasteiger partial charge in [0.25, 0.3) is 5.91 Å². The van der Waals surface area contributed by atoms with Crippen LogP contribution in [0, 0.1) is 0 Å². The van der Waals surface area contributed by atoms with Crippen LogP contribution in [-0.4, -0.2) is 44.7 Å². The highest BCUT2D eigenvalue weighted by Gasteiger charge is 2.32. The smallest absolute Gasteiger partial charge is 0.335 e. The molecule has 2 aromatic carbocycles. The summed E-state index contributed by atoms with van der Waals surface area (Å²) in [6.45, 7) is 2.26. The second-order valence-electron chi connectivity index (χ2n) is 6.99. The van der Waals surface area contributed by atoms with E-state index in [4.69, 9.17) is 9.52 Å². The van der Waals surface area contributed by atoms with Crippen molar-refractivity contribution >= 4 is 46.5 Å². The highest BCUT2D eigenvalue weighted by Crippen LogP contribution is 2.35. The molecule has 1 aromatic heterocycles. The van der Waals surface area contributed by atoms with Gasteiger partial charge in [0.15, 0.2) is 5.17 Å². The standard InChI is InChI=1S/C24H18N2O6S/c1-2-26-21(27)20(33-24(26)25-17-8-6-14(7-9-17)22(28)29)13-18-10-11-19(32-18)15-4-3-5-16(12-15)23(30)31/h3-13H,2H2,1H3,(H,28,29)(H,30,31)/b20-13+,25-24?. The van der Waals surface area contributed by atoms with Crippen LogP contribution in [0.2, 0.25) is 0 Å². The molecule has 0 unspecified atom stereocenters. The number of carbonyl (C=O) groups excluding carboxylic acids is 1. The number of nitrogens with zero attached hydrogens (tertiary/aromatic N) is 2. The van der Waals surface area contributed by atoms with Gasteiger partial charge in [-0.25, -0.2) is 14.6 Å². The van der Waals surface area contributed by atoms with Gasteiger partial charge in [0, 0.05) is 18.2 Å². The Morgan fingerprint density at radius 1 is 1.03 bits per heavy atom. The van der Waals surface area contributed by atoms with Crippen LogP contribution in [0.4, 0.5) is 5.69 Å². The van der Waals surface area contributed by atoms with Crippen LogP contribution in [0.25, 0.3) is 17.4 Å². The lowest BCUT2D eigenvalue weighted by Crippen LogP contribution is -2.28. The molecule has 1 aliphatic heterocycles. The molecule has 1 saturated heterocycles. The SMILES string of the molecule is CCN1C(=O)/C(=C\c2ccc(-c3cccc(C(=O)O)c3)o2)SC1=Nc1ccc(C(=O)O)cc1. The normalized spacial score (nSPS) is 16.0. The van der Waals surface area contributed by atoms with Crippen LogP contribution in [0.5, 0.6) is 0 Å². The largest absolute Gasteiger partial charge is 0.478 e. The number of furan rings is 1. The summed E-state index contributed by atoms with van der Waals surface area (Å²) in [6, 6.07) is 15.9. The molecule has 0 spiro atoms. The minimum Gasteiger partial charge on any atom is -0.478 e. The topological polar surface area (TPSA) is 120 Å². The fourth-order valence-electron chi connectivity index (χ4n) is 3.18. The number of aliphatic imine (C=N–C) groups is 1. The Morgan fingerprint density at radius 2 is 1.76 bits per heavy atom. The van der Waals surface area contributed by atoms with E-state index in [1.54, 1.807) is 42.5 Å². The molecule has 3 aromatic rings. The Kier molecular flexibility index (Phi) is 6.14. The van der Waals surface area contributed by atoms with Crippen molar-refractivity contribution in [1.29, 1.82) is 0 Å². The molecule has 0 aliphatic carbocycles. The minimum absolute atomic E-state index is 0.154. The number of aromatic carboxylic acids is 2. The van der Waals surface area contributed by atoms with Gasteiger partial charge in [-0.3, -0.25) is 9.69 Å². The number of likely N-dealkylation sites (N-methyl/N-ethyl adjacent to an activating group) is 1. The molecule has 166 valence electrons. The van der Waals surface area contributed by atoms with E-state index < -0.39 is 11.9 Å². The second kappa shape index (κ2) is 9.17. The zero-order valence-corrected chi connectivity index (χ0v) is 18.2. The highest BCUT2D eigenvalue weighted by molar-refractivity contribution is 8.18. The first-order valence-corrected chi connectivity index (χ1v) is 10.7. The zero-order valence-electron chi connectivity index (χ0n) is 17.4. The summed E-state index contributed by atoms with van der Waals surface area (Å²) in [7, 11) is 0. The molecular formula is C24H18N2O6S. The molecule has 1 fully saturated rings. The van der Waals surface area contributed by atoms with E-state index in [2.05, 4.69) is 4.99 Å². The minimum atomic E-state index is -1.03. The molecule has 0 saturated carbocycles. The van der Waals surface area contributed by atoms with Crippen molar-refractivity contribution in [2.45, 2.75) is 6.92 Å². The van der Waals surface area contributed by atoms with Crippen molar-refractivity contribution < 1.29 is 29.0 Å². The number of hydrogen-bond acceptors (Lipinski definition) is 6. The van der Waals surface area contributed by atoms with Gasteiger partial charge >= 0.3 is 11.9 Å². The third kappa shape index (κ3) is 4.73. The van der Waals surface area contributed by atoms with E-state index in [9.17, 15) is 19.5 Å². The van der Waals surface area contributed by atoms with E-state index in [1.165, 1.54) is 40.9 Å². The van der Waals surface area contributed by atoms with Gasteiger partial charge in [-0.05, 0) is 67.2 Å². The lowest BCUT2D eigenvalue weighted by molar-refractivity contribution is -0.122. The zero-order chi connectivity index (χ0) is 23.5. The molecular weight excluding hydrogens is 444 g/mol. The van der Waals surface area contributed by atoms with Crippen molar-refractivity contribution in [3.63, 3.8) is 0 Å². The van der Waals surface area contributed by atoms with Gasteiger partial charge in [0.2, 0.25) is 0 Å². The van der Waals surface area contributed by atoms with Gasteiger partial charge in [-0.2, -0.15) is 0 Å². The van der Waals surface area contributed by atoms with Gasteiger partial charge < -0.3 is 14.6 Å². The van der Waals surface area contributed by atoms with Crippen molar-refractivity contribution in [2.24, 2.45) is 4.99 Å². The summed E-state index contributed by atoms with van der Waals surface area (Å²) in [6.07, 6.45) is 1.62. The van der Waals surface area contributed by atoms with Crippen LogP contribution >= 0.6 is 11.8 Å². The van der Waals surface area contributed by atoms with Gasteiger partial charge in [0.1, 0.15) is 11.5 Å². The highest BCUT2D eigenvalue weighted by atomic mass is 32.2. The van der Waals surface area contributed by atoms with Crippen LogP contribution in [0.1, 0.15) is 33.4 Å². The fraction of sp³-hybridized carbons (Fsp3) is 0.0833. The average molecular weight is 462 g/mol. The quantitative estimate of drug-likeness (QED) is 0.496. The van der Waals surface area contributed by atoms with Gasteiger partial charge in [-0.15, -0.1) is 0 Å². The number of carboxylic acid groups (broad SMARTS) is 2. The molecule has 2 heterocycles. The van der Waals surface area contributed by atoms with E-state index in [-0.39, 0.29) is 17.0 Å². The number of carboxylic acids is 2. The Balaban J connectivity index is 1.59. The average Bonchev–Trinajstić information content (AvgIpc) is 3.39. The number of amidine groups is 1. The Morgan fingerprint density at radius 3 is 2.42 bits per heavy atom. The summed E-state index contributed by atoms with van der Waals surface area (Å²) < 4.78 is 5.82. The van der Waals surface area contributed by atoms with Crippen LogP contribution < -0.4 is 0 Å². The molecule has 33 heavy (non-hydrogen) atoms. The van der Waals surface area contributed by atoms with E-state index in [0.717, 1.165) is 0 Å². The Labute approximate surface area is 192 Å². The molecule has 2 N–H and O–H groups in total. The summed E-state index contributed by atoms with van der Waals surface area (Å²) in [5.41, 5.74) is 1.46. The molecule has 0 atom stereocenters. The molecule has 1 aliphatic rings. The summed E-state index contributed by atoms with van der Waals surface area (Å²) in [5.74, 6) is -1.32. The van der Waals surface area contributed by atoms with Crippen molar-refractivity contribution in [2.75, 3.05) is 6.54 Å². The van der Waals surface area contributed by atoms with Crippen LogP contribution in [-0.2, 0) is 4.79 Å². The number of carbonyl (C=O) groups is 3. The van der Waals surface area contributed by atoms with E-state index in [1.807, 2.05) is 6.92 Å². The number of hydrogen-bond donors (Lipinski definition) is 2. The maximum Gasteiger partial charge on any atom is 0.335 e. The monoisotopic (exact) mass is 462 g/mol. The summed E-state index contributed by atoms with van der Waals surface area (Å²) >= 11 is 1.20. The fourth-order valence-corrected chi connectivity index (χ4v) is 4.22. The van der Waals surface area contributed by atoms with Crippen LogP contribution in [0.15, 0.2) is 75.0 Å². The molecule has 4 rings (SSSR count). The Hall–Kier alpha value is -4.11. The maximum atomic E-state index is 12.9. The second-order valence-corrected chi connectivity index (χ2v) is 8.00. The third-order valence-corrected chi connectivity index (χ3v) is 5.84. The predicted molar refractivity (Wildman–Crippen MR) is 125 cm³/mol. The van der Waals surface area contributed by atoms with Crippen molar-refractivity contribution in [3.8, 4) is 11.3 Å². The van der Waals surface area contributed by atoms with Gasteiger partial charge in [0.05, 0.1) is 21.7 Å². The Bertz CT molecular complexity index is 1310. The molecule has 0 bridgehead atoms. The third-order valence-electron chi connectivity index (χ3n) is 4.84. The van der Waals surface area contributed by atoms with Crippen molar-refractivity contribution in [1.82, 2.24) is 4.90 Å². The molecule has 9 heteroatoms. The summed E-state index contributed by atoms with van der Waals surface area (Å²) in [5, 5.41) is 18.7. The molecule has 0 radical (unpaired) electrons. The number of thioether (sulfide) groups is 1. The summed E-state index contributed by atoms with van der Waals surface area (Å²) in [4.78, 5) is 41.5. The number of amides is 1. The molecule has 8 nitrogen and oxygen atoms in total. The first kappa shape index (κ1) is 22.1. The lowest BCUT2D eigenvalue weighted by Gasteiger charge is -2.11. The van der Waals surface area contributed by atoms with E-state index in [0.29, 0.717) is 39.4 Å². The van der Waals surface area contributed by atoms with Crippen LogP contribution in [0.3, 0.4) is 0 Å². The first-order chi connectivity index (χ1) is 15.9. The van der Waals surface area contributed by atoms with E-state index >= 15 is 0 Å². The molecule has 1 amide bonds. The van der Waals surface area contributed by atoms with Crippen molar-refractivity contribution in [3.05, 3.63) is 82.5 Å². The predicted octanol–water partition coefficient (Wildman–Crippen LogP) is 4.97. The first-order valence-electron chi connectivity index (χ1n) is 9.92. The van der Waals surface area contributed by atoms with Gasteiger partial charge in [-0.1, -0.05) is 12.1 Å². The number of rotatable bonds is 6. The maximum absolute atomic E-state index is 12.9.